The van der Waals surface area contributed by atoms with E-state index in [0.29, 0.717) is 0 Å². The van der Waals surface area contributed by atoms with Crippen molar-refractivity contribution in [1.82, 2.24) is 4.98 Å². The van der Waals surface area contributed by atoms with Crippen LogP contribution in [0, 0.1) is 0 Å². The molecule has 0 saturated heterocycles. The first-order valence-corrected chi connectivity index (χ1v) is 6.91. The predicted octanol–water partition coefficient (Wildman–Crippen LogP) is 4.05. The van der Waals surface area contributed by atoms with Gasteiger partial charge in [-0.1, -0.05) is 48.5 Å². The lowest BCUT2D eigenvalue weighted by Crippen LogP contribution is -2.14. The number of benzene rings is 2. The van der Waals surface area contributed by atoms with E-state index in [1.165, 1.54) is 0 Å². The lowest BCUT2D eigenvalue weighted by atomic mass is 10.0. The Balaban J connectivity index is 2.12. The molecule has 0 bridgehead atoms. The lowest BCUT2D eigenvalue weighted by Gasteiger charge is -2.14. The van der Waals surface area contributed by atoms with Crippen LogP contribution in [0.2, 0.25) is 0 Å². The molecule has 94 valence electrons. The smallest absolute Gasteiger partial charge is 0.0765 e. The van der Waals surface area contributed by atoms with Crippen molar-refractivity contribution < 1.29 is 0 Å². The van der Waals surface area contributed by atoms with Crippen molar-refractivity contribution in [2.45, 2.75) is 6.04 Å². The molecular formula is C16H13BrN2. The number of hydrogen-bond acceptors (Lipinski definition) is 2. The minimum Gasteiger partial charge on any atom is -0.319 e. The number of halogens is 1. The molecule has 0 saturated carbocycles. The van der Waals surface area contributed by atoms with E-state index in [-0.39, 0.29) is 6.04 Å². The van der Waals surface area contributed by atoms with Crippen LogP contribution in [-0.2, 0) is 0 Å². The quantitative estimate of drug-likeness (QED) is 0.775. The van der Waals surface area contributed by atoms with Crippen LogP contribution in [0.4, 0.5) is 0 Å². The fraction of sp³-hybridized carbons (Fsp3) is 0.0625. The molecule has 0 aliphatic heterocycles. The largest absolute Gasteiger partial charge is 0.319 e. The van der Waals surface area contributed by atoms with Gasteiger partial charge in [-0.2, -0.15) is 0 Å². The van der Waals surface area contributed by atoms with Crippen LogP contribution in [-0.4, -0.2) is 4.98 Å². The molecule has 0 fully saturated rings. The van der Waals surface area contributed by atoms with E-state index < -0.39 is 0 Å². The standard InChI is InChI=1S/C16H13BrN2/c17-13-10-12-8-4-5-9-14(12)19-16(13)15(18)11-6-2-1-3-7-11/h1-10,15H,18H2. The number of aromatic nitrogens is 1. The van der Waals surface area contributed by atoms with Gasteiger partial charge in [-0.15, -0.1) is 0 Å². The average Bonchev–Trinajstić information content (AvgIpc) is 2.47. The summed E-state index contributed by atoms with van der Waals surface area (Å²) in [6.45, 7) is 0. The summed E-state index contributed by atoms with van der Waals surface area (Å²) in [4.78, 5) is 4.68. The average molecular weight is 313 g/mol. The Morgan fingerprint density at radius 2 is 1.63 bits per heavy atom. The molecule has 0 aliphatic rings. The molecule has 19 heavy (non-hydrogen) atoms. The van der Waals surface area contributed by atoms with Gasteiger partial charge in [0, 0.05) is 9.86 Å². The molecule has 0 aliphatic carbocycles. The molecule has 3 heteroatoms. The van der Waals surface area contributed by atoms with Crippen molar-refractivity contribution in [1.29, 1.82) is 0 Å². The van der Waals surface area contributed by atoms with Crippen LogP contribution in [0.25, 0.3) is 10.9 Å². The number of nitrogens with two attached hydrogens (primary N) is 1. The van der Waals surface area contributed by atoms with Crippen molar-refractivity contribution in [2.24, 2.45) is 5.73 Å². The van der Waals surface area contributed by atoms with Crippen LogP contribution in [0.15, 0.2) is 65.1 Å². The fourth-order valence-electron chi connectivity index (χ4n) is 2.14. The highest BCUT2D eigenvalue weighted by molar-refractivity contribution is 9.10. The molecule has 1 aromatic heterocycles. The first-order valence-electron chi connectivity index (χ1n) is 6.11. The predicted molar refractivity (Wildman–Crippen MR) is 81.9 cm³/mol. The summed E-state index contributed by atoms with van der Waals surface area (Å²) in [7, 11) is 0. The van der Waals surface area contributed by atoms with Crippen LogP contribution >= 0.6 is 15.9 Å². The summed E-state index contributed by atoms with van der Waals surface area (Å²) in [6, 6.07) is 19.9. The van der Waals surface area contributed by atoms with Gasteiger partial charge in [0.1, 0.15) is 0 Å². The summed E-state index contributed by atoms with van der Waals surface area (Å²) in [5, 5.41) is 1.11. The molecule has 0 amide bonds. The Bertz CT molecular complexity index is 710. The molecular weight excluding hydrogens is 300 g/mol. The SMILES string of the molecule is NC(c1ccccc1)c1nc2ccccc2cc1Br. The molecule has 1 atom stereocenters. The number of fused-ring (bicyclic) bond motifs is 1. The third-order valence-electron chi connectivity index (χ3n) is 3.16. The number of hydrogen-bond donors (Lipinski definition) is 1. The van der Waals surface area contributed by atoms with E-state index >= 15 is 0 Å². The topological polar surface area (TPSA) is 38.9 Å². The summed E-state index contributed by atoms with van der Waals surface area (Å²) in [5.74, 6) is 0. The van der Waals surface area contributed by atoms with Gasteiger partial charge < -0.3 is 5.73 Å². The lowest BCUT2D eigenvalue weighted by molar-refractivity contribution is 0.829. The zero-order valence-corrected chi connectivity index (χ0v) is 11.8. The first-order chi connectivity index (χ1) is 9.25. The van der Waals surface area contributed by atoms with E-state index in [0.717, 1.165) is 26.6 Å². The molecule has 1 heterocycles. The number of nitrogens with zero attached hydrogens (tertiary/aromatic N) is 1. The second-order valence-corrected chi connectivity index (χ2v) is 5.29. The van der Waals surface area contributed by atoms with Gasteiger partial charge >= 0.3 is 0 Å². The molecule has 3 aromatic rings. The molecule has 0 spiro atoms. The van der Waals surface area contributed by atoms with Crippen molar-refractivity contribution in [3.8, 4) is 0 Å². The van der Waals surface area contributed by atoms with E-state index in [1.807, 2.05) is 54.6 Å². The van der Waals surface area contributed by atoms with Crippen molar-refractivity contribution in [3.63, 3.8) is 0 Å². The Morgan fingerprint density at radius 3 is 2.42 bits per heavy atom. The second-order valence-electron chi connectivity index (χ2n) is 4.44. The van der Waals surface area contributed by atoms with Gasteiger partial charge in [-0.3, -0.25) is 0 Å². The highest BCUT2D eigenvalue weighted by Crippen LogP contribution is 2.28. The highest BCUT2D eigenvalue weighted by atomic mass is 79.9. The third-order valence-corrected chi connectivity index (χ3v) is 3.79. The minimum absolute atomic E-state index is 0.222. The van der Waals surface area contributed by atoms with Crippen molar-refractivity contribution in [2.75, 3.05) is 0 Å². The minimum atomic E-state index is -0.222. The molecule has 3 rings (SSSR count). The normalized spacial score (nSPS) is 12.5. The van der Waals surface area contributed by atoms with Gasteiger partial charge in [-0.25, -0.2) is 4.98 Å². The third kappa shape index (κ3) is 2.39. The molecule has 2 aromatic carbocycles. The van der Waals surface area contributed by atoms with Gasteiger partial charge in [0.15, 0.2) is 0 Å². The second kappa shape index (κ2) is 5.11. The van der Waals surface area contributed by atoms with Crippen LogP contribution in [0.5, 0.6) is 0 Å². The van der Waals surface area contributed by atoms with Crippen LogP contribution in [0.1, 0.15) is 17.3 Å². The molecule has 0 radical (unpaired) electrons. The van der Waals surface area contributed by atoms with Crippen molar-refractivity contribution >= 4 is 26.8 Å². The van der Waals surface area contributed by atoms with E-state index in [2.05, 4.69) is 27.0 Å². The Morgan fingerprint density at radius 1 is 0.947 bits per heavy atom. The Labute approximate surface area is 120 Å². The van der Waals surface area contributed by atoms with E-state index in [9.17, 15) is 0 Å². The van der Waals surface area contributed by atoms with Gasteiger partial charge in [0.25, 0.3) is 0 Å². The van der Waals surface area contributed by atoms with E-state index in [4.69, 9.17) is 5.73 Å². The first kappa shape index (κ1) is 12.3. The summed E-state index contributed by atoms with van der Waals surface area (Å²) < 4.78 is 0.947. The summed E-state index contributed by atoms with van der Waals surface area (Å²) in [5.41, 5.74) is 9.21. The van der Waals surface area contributed by atoms with Crippen LogP contribution in [0.3, 0.4) is 0 Å². The van der Waals surface area contributed by atoms with Crippen LogP contribution < -0.4 is 5.73 Å². The van der Waals surface area contributed by atoms with Gasteiger partial charge in [0.2, 0.25) is 0 Å². The maximum Gasteiger partial charge on any atom is 0.0765 e. The summed E-state index contributed by atoms with van der Waals surface area (Å²) in [6.07, 6.45) is 0. The maximum absolute atomic E-state index is 6.32. The number of para-hydroxylation sites is 1. The zero-order chi connectivity index (χ0) is 13.2. The maximum atomic E-state index is 6.32. The Kier molecular flexibility index (Phi) is 3.32. The molecule has 2 N–H and O–H groups in total. The number of pyridine rings is 1. The molecule has 2 nitrogen and oxygen atoms in total. The monoisotopic (exact) mass is 312 g/mol. The van der Waals surface area contributed by atoms with Gasteiger partial charge in [0.05, 0.1) is 17.3 Å². The fourth-order valence-corrected chi connectivity index (χ4v) is 2.72. The molecule has 1 unspecified atom stereocenters. The summed E-state index contributed by atoms with van der Waals surface area (Å²) >= 11 is 3.57. The number of rotatable bonds is 2. The Hall–Kier alpha value is -1.71. The highest BCUT2D eigenvalue weighted by Gasteiger charge is 2.14. The van der Waals surface area contributed by atoms with E-state index in [1.54, 1.807) is 0 Å². The zero-order valence-electron chi connectivity index (χ0n) is 10.3. The van der Waals surface area contributed by atoms with Crippen molar-refractivity contribution in [3.05, 3.63) is 76.4 Å². The van der Waals surface area contributed by atoms with Gasteiger partial charge in [-0.05, 0) is 33.6 Å².